The quantitative estimate of drug-likeness (QED) is 0.360. The summed E-state index contributed by atoms with van der Waals surface area (Å²) in [5, 5.41) is 4.41. The molecule has 1 aliphatic carbocycles. The number of rotatable bonds is 3. The van der Waals surface area contributed by atoms with E-state index in [9.17, 15) is 0 Å². The SMILES string of the molecule is CCn1nc(C)cc1C(=NC1CCCC1)NN. The molecule has 0 unspecified atom stereocenters. The lowest BCUT2D eigenvalue weighted by molar-refractivity contribution is 0.640. The lowest BCUT2D eigenvalue weighted by Crippen LogP contribution is -2.34. The maximum absolute atomic E-state index is 5.59. The van der Waals surface area contributed by atoms with Crippen LogP contribution < -0.4 is 11.3 Å². The number of aromatic nitrogens is 2. The van der Waals surface area contributed by atoms with Crippen LogP contribution in [0.4, 0.5) is 0 Å². The van der Waals surface area contributed by atoms with Crippen molar-refractivity contribution < 1.29 is 0 Å². The third kappa shape index (κ3) is 2.66. The van der Waals surface area contributed by atoms with Crippen molar-refractivity contribution in [2.24, 2.45) is 10.8 Å². The van der Waals surface area contributed by atoms with Crippen molar-refractivity contribution in [3.05, 3.63) is 17.5 Å². The lowest BCUT2D eigenvalue weighted by atomic mass is 10.2. The molecule has 5 nitrogen and oxygen atoms in total. The van der Waals surface area contributed by atoms with Gasteiger partial charge in [0.15, 0.2) is 5.84 Å². The summed E-state index contributed by atoms with van der Waals surface area (Å²) in [6.07, 6.45) is 4.89. The van der Waals surface area contributed by atoms with Gasteiger partial charge < -0.3 is 5.43 Å². The number of hydrogen-bond donors (Lipinski definition) is 2. The van der Waals surface area contributed by atoms with Crippen LogP contribution in [0.2, 0.25) is 0 Å². The second kappa shape index (κ2) is 5.31. The fourth-order valence-corrected chi connectivity index (χ4v) is 2.37. The number of aliphatic imine (C=N–C) groups is 1. The molecule has 0 radical (unpaired) electrons. The molecule has 1 fully saturated rings. The third-order valence-corrected chi connectivity index (χ3v) is 3.22. The smallest absolute Gasteiger partial charge is 0.161 e. The monoisotopic (exact) mass is 235 g/mol. The fraction of sp³-hybridized carbons (Fsp3) is 0.667. The molecule has 0 atom stereocenters. The molecule has 0 aromatic carbocycles. The van der Waals surface area contributed by atoms with E-state index in [0.29, 0.717) is 6.04 Å². The van der Waals surface area contributed by atoms with Crippen molar-refractivity contribution in [3.63, 3.8) is 0 Å². The molecule has 0 aliphatic heterocycles. The van der Waals surface area contributed by atoms with Crippen LogP contribution in [0.3, 0.4) is 0 Å². The van der Waals surface area contributed by atoms with E-state index in [1.54, 1.807) is 0 Å². The Bertz CT molecular complexity index is 401. The number of nitrogens with one attached hydrogen (secondary N) is 1. The summed E-state index contributed by atoms with van der Waals surface area (Å²) in [5.74, 6) is 6.36. The van der Waals surface area contributed by atoms with E-state index < -0.39 is 0 Å². The van der Waals surface area contributed by atoms with Gasteiger partial charge in [0.25, 0.3) is 0 Å². The minimum Gasteiger partial charge on any atom is -0.307 e. The number of nitrogens with zero attached hydrogens (tertiary/aromatic N) is 3. The summed E-state index contributed by atoms with van der Waals surface area (Å²) in [5.41, 5.74) is 4.70. The first kappa shape index (κ1) is 12.1. The standard InChI is InChI=1S/C12H21N5/c1-3-17-11(8-9(2)16-17)12(15-13)14-10-6-4-5-7-10/h8,10H,3-7,13H2,1-2H3,(H,14,15). The van der Waals surface area contributed by atoms with Crippen LogP contribution in [0.15, 0.2) is 11.1 Å². The van der Waals surface area contributed by atoms with E-state index in [0.717, 1.165) is 23.8 Å². The largest absolute Gasteiger partial charge is 0.307 e. The van der Waals surface area contributed by atoms with Crippen LogP contribution in [0, 0.1) is 6.92 Å². The fourth-order valence-electron chi connectivity index (χ4n) is 2.37. The number of nitrogens with two attached hydrogens (primary N) is 1. The highest BCUT2D eigenvalue weighted by atomic mass is 15.3. The molecule has 0 saturated heterocycles. The highest BCUT2D eigenvalue weighted by molar-refractivity contribution is 5.97. The highest BCUT2D eigenvalue weighted by Crippen LogP contribution is 2.21. The Morgan fingerprint density at radius 2 is 2.29 bits per heavy atom. The van der Waals surface area contributed by atoms with E-state index in [-0.39, 0.29) is 0 Å². The summed E-state index contributed by atoms with van der Waals surface area (Å²) in [6, 6.07) is 2.44. The predicted molar refractivity (Wildman–Crippen MR) is 68.8 cm³/mol. The van der Waals surface area contributed by atoms with Crippen molar-refractivity contribution in [1.82, 2.24) is 15.2 Å². The van der Waals surface area contributed by atoms with Crippen molar-refractivity contribution in [1.29, 1.82) is 0 Å². The molecule has 1 aromatic heterocycles. The first-order valence-electron chi connectivity index (χ1n) is 6.33. The Morgan fingerprint density at radius 3 is 2.88 bits per heavy atom. The highest BCUT2D eigenvalue weighted by Gasteiger charge is 2.17. The molecular formula is C12H21N5. The second-order valence-corrected chi connectivity index (χ2v) is 4.55. The normalized spacial score (nSPS) is 17.7. The van der Waals surface area contributed by atoms with Gasteiger partial charge >= 0.3 is 0 Å². The Morgan fingerprint density at radius 1 is 1.59 bits per heavy atom. The molecule has 1 saturated carbocycles. The Hall–Kier alpha value is -1.36. The molecule has 3 N–H and O–H groups in total. The van der Waals surface area contributed by atoms with Gasteiger partial charge in [-0.3, -0.25) is 9.67 Å². The van der Waals surface area contributed by atoms with Gasteiger partial charge in [0, 0.05) is 6.54 Å². The summed E-state index contributed by atoms with van der Waals surface area (Å²) >= 11 is 0. The van der Waals surface area contributed by atoms with Gasteiger partial charge in [-0.25, -0.2) is 5.84 Å². The van der Waals surface area contributed by atoms with Gasteiger partial charge in [0.05, 0.1) is 11.7 Å². The second-order valence-electron chi connectivity index (χ2n) is 4.55. The van der Waals surface area contributed by atoms with Gasteiger partial charge in [-0.15, -0.1) is 0 Å². The van der Waals surface area contributed by atoms with Crippen LogP contribution in [0.25, 0.3) is 0 Å². The maximum atomic E-state index is 5.59. The molecule has 1 heterocycles. The molecule has 94 valence electrons. The zero-order valence-corrected chi connectivity index (χ0v) is 10.6. The van der Waals surface area contributed by atoms with Crippen LogP contribution >= 0.6 is 0 Å². The molecule has 0 spiro atoms. The first-order chi connectivity index (χ1) is 8.24. The summed E-state index contributed by atoms with van der Waals surface area (Å²) in [7, 11) is 0. The summed E-state index contributed by atoms with van der Waals surface area (Å²) in [6.45, 7) is 4.88. The molecule has 1 aromatic rings. The minimum absolute atomic E-state index is 0.418. The van der Waals surface area contributed by atoms with Crippen LogP contribution in [0.1, 0.15) is 44.0 Å². The average Bonchev–Trinajstić information content (AvgIpc) is 2.94. The molecule has 0 amide bonds. The molecule has 0 bridgehead atoms. The maximum Gasteiger partial charge on any atom is 0.161 e. The van der Waals surface area contributed by atoms with Crippen molar-refractivity contribution in [3.8, 4) is 0 Å². The van der Waals surface area contributed by atoms with Crippen LogP contribution in [0.5, 0.6) is 0 Å². The number of aryl methyl sites for hydroxylation is 2. The van der Waals surface area contributed by atoms with Crippen molar-refractivity contribution >= 4 is 5.84 Å². The van der Waals surface area contributed by atoms with E-state index in [4.69, 9.17) is 10.8 Å². The topological polar surface area (TPSA) is 68.2 Å². The van der Waals surface area contributed by atoms with Gasteiger partial charge in [-0.1, -0.05) is 12.8 Å². The lowest BCUT2D eigenvalue weighted by Gasteiger charge is -2.10. The zero-order chi connectivity index (χ0) is 12.3. The molecule has 1 aliphatic rings. The van der Waals surface area contributed by atoms with Crippen molar-refractivity contribution in [2.75, 3.05) is 0 Å². The molecule has 2 rings (SSSR count). The van der Waals surface area contributed by atoms with Gasteiger partial charge in [0.2, 0.25) is 0 Å². The van der Waals surface area contributed by atoms with E-state index >= 15 is 0 Å². The molecule has 5 heteroatoms. The Kier molecular flexibility index (Phi) is 3.78. The summed E-state index contributed by atoms with van der Waals surface area (Å²) in [4.78, 5) is 4.71. The summed E-state index contributed by atoms with van der Waals surface area (Å²) < 4.78 is 1.93. The van der Waals surface area contributed by atoms with Gasteiger partial charge in [0.1, 0.15) is 5.69 Å². The first-order valence-corrected chi connectivity index (χ1v) is 6.33. The van der Waals surface area contributed by atoms with Crippen LogP contribution in [-0.2, 0) is 6.54 Å². The van der Waals surface area contributed by atoms with E-state index in [1.807, 2.05) is 17.7 Å². The number of hydrazine groups is 1. The van der Waals surface area contributed by atoms with Gasteiger partial charge in [-0.05, 0) is 32.8 Å². The number of hydrogen-bond acceptors (Lipinski definition) is 3. The van der Waals surface area contributed by atoms with E-state index in [1.165, 1.54) is 25.7 Å². The third-order valence-electron chi connectivity index (χ3n) is 3.22. The van der Waals surface area contributed by atoms with Crippen LogP contribution in [-0.4, -0.2) is 21.7 Å². The van der Waals surface area contributed by atoms with Crippen molar-refractivity contribution in [2.45, 2.75) is 52.1 Å². The number of amidine groups is 1. The average molecular weight is 235 g/mol. The predicted octanol–water partition coefficient (Wildman–Crippen LogP) is 1.36. The van der Waals surface area contributed by atoms with Gasteiger partial charge in [-0.2, -0.15) is 5.10 Å². The Labute approximate surface area is 102 Å². The zero-order valence-electron chi connectivity index (χ0n) is 10.6. The molecular weight excluding hydrogens is 214 g/mol. The molecule has 17 heavy (non-hydrogen) atoms. The minimum atomic E-state index is 0.418. The van der Waals surface area contributed by atoms with E-state index in [2.05, 4.69) is 17.4 Å². The Balaban J connectivity index is 2.26.